The average Bonchev–Trinajstić information content (AvgIpc) is 2.97. The number of hydrogen-bond donors (Lipinski definition) is 1. The Kier molecular flexibility index (Phi) is 5.33. The van der Waals surface area contributed by atoms with Crippen molar-refractivity contribution in [2.45, 2.75) is 50.9 Å². The van der Waals surface area contributed by atoms with Gasteiger partial charge in [-0.3, -0.25) is 9.59 Å². The third-order valence-electron chi connectivity index (χ3n) is 3.95. The molecular weight excluding hydrogens is 313 g/mol. The van der Waals surface area contributed by atoms with Crippen molar-refractivity contribution in [2.24, 2.45) is 0 Å². The van der Waals surface area contributed by atoms with Gasteiger partial charge in [-0.05, 0) is 30.9 Å². The Morgan fingerprint density at radius 2 is 2.13 bits per heavy atom. The Morgan fingerprint density at radius 3 is 2.70 bits per heavy atom. The molecule has 1 fully saturated rings. The quantitative estimate of drug-likeness (QED) is 0.920. The maximum Gasteiger partial charge on any atom is 0.408 e. The standard InChI is InChI=1S/C15H19F3N2O3/c1-10(21)20-8-12(3-4-13(20)15(16,17)18)19-14(22)5-2-11-6-7-23-9-11/h6-7,9,12-13H,2-5,8H2,1H3,(H,19,22)/t12-,13-/m0/s1. The van der Waals surface area contributed by atoms with Gasteiger partial charge in [0.1, 0.15) is 6.04 Å². The molecule has 0 aromatic carbocycles. The molecule has 1 aliphatic heterocycles. The number of furan rings is 1. The molecule has 1 aromatic heterocycles. The zero-order chi connectivity index (χ0) is 17.0. The number of alkyl halides is 3. The second-order valence-electron chi connectivity index (χ2n) is 5.70. The van der Waals surface area contributed by atoms with Crippen LogP contribution in [-0.2, 0) is 16.0 Å². The van der Waals surface area contributed by atoms with Crippen molar-refractivity contribution in [2.75, 3.05) is 6.54 Å². The largest absolute Gasteiger partial charge is 0.472 e. The molecule has 1 saturated heterocycles. The Balaban J connectivity index is 1.87. The van der Waals surface area contributed by atoms with Crippen LogP contribution in [0.3, 0.4) is 0 Å². The highest BCUT2D eigenvalue weighted by molar-refractivity contribution is 5.77. The van der Waals surface area contributed by atoms with Crippen LogP contribution in [0.15, 0.2) is 23.0 Å². The predicted octanol–water partition coefficient (Wildman–Crippen LogP) is 2.27. The zero-order valence-electron chi connectivity index (χ0n) is 12.7. The summed E-state index contributed by atoms with van der Waals surface area (Å²) in [6.07, 6.45) is -0.672. The number of amides is 2. The van der Waals surface area contributed by atoms with Crippen LogP contribution in [0.4, 0.5) is 13.2 Å². The smallest absolute Gasteiger partial charge is 0.408 e. The molecule has 0 bridgehead atoms. The summed E-state index contributed by atoms with van der Waals surface area (Å²) in [6.45, 7) is 0.999. The third kappa shape index (κ3) is 4.74. The molecule has 1 aliphatic rings. The minimum atomic E-state index is -4.44. The number of hydrogen-bond acceptors (Lipinski definition) is 3. The van der Waals surface area contributed by atoms with Gasteiger partial charge in [-0.25, -0.2) is 0 Å². The predicted molar refractivity (Wildman–Crippen MR) is 75.4 cm³/mol. The highest BCUT2D eigenvalue weighted by Gasteiger charge is 2.47. The first-order valence-corrected chi connectivity index (χ1v) is 7.41. The van der Waals surface area contributed by atoms with E-state index >= 15 is 0 Å². The van der Waals surface area contributed by atoms with E-state index in [0.29, 0.717) is 6.42 Å². The van der Waals surface area contributed by atoms with E-state index in [0.717, 1.165) is 17.4 Å². The molecule has 2 heterocycles. The minimum absolute atomic E-state index is 0.114. The Morgan fingerprint density at radius 1 is 1.39 bits per heavy atom. The number of piperidine rings is 1. The molecule has 1 aromatic rings. The van der Waals surface area contributed by atoms with Gasteiger partial charge in [0.25, 0.3) is 0 Å². The van der Waals surface area contributed by atoms with Crippen molar-refractivity contribution < 1.29 is 27.2 Å². The topological polar surface area (TPSA) is 62.6 Å². The van der Waals surface area contributed by atoms with Crippen molar-refractivity contribution in [3.8, 4) is 0 Å². The van der Waals surface area contributed by atoms with Gasteiger partial charge in [-0.1, -0.05) is 0 Å². The summed E-state index contributed by atoms with van der Waals surface area (Å²) in [5, 5.41) is 2.71. The molecule has 2 rings (SSSR count). The van der Waals surface area contributed by atoms with Crippen LogP contribution in [0.5, 0.6) is 0 Å². The molecule has 23 heavy (non-hydrogen) atoms. The molecule has 0 aliphatic carbocycles. The van der Waals surface area contributed by atoms with E-state index in [1.165, 1.54) is 6.26 Å². The molecule has 0 saturated carbocycles. The molecule has 8 heteroatoms. The first-order chi connectivity index (χ1) is 10.8. The number of nitrogens with one attached hydrogen (secondary N) is 1. The summed E-state index contributed by atoms with van der Waals surface area (Å²) in [6, 6.07) is -0.465. The van der Waals surface area contributed by atoms with E-state index in [1.54, 1.807) is 12.3 Å². The Bertz CT molecular complexity index is 543. The van der Waals surface area contributed by atoms with E-state index in [-0.39, 0.29) is 31.7 Å². The summed E-state index contributed by atoms with van der Waals surface area (Å²) < 4.78 is 43.7. The summed E-state index contributed by atoms with van der Waals surface area (Å²) in [5.74, 6) is -0.880. The lowest BCUT2D eigenvalue weighted by Gasteiger charge is -2.40. The van der Waals surface area contributed by atoms with Crippen LogP contribution in [0.1, 0.15) is 31.7 Å². The summed E-state index contributed by atoms with van der Waals surface area (Å²) in [4.78, 5) is 24.2. The normalized spacial score (nSPS) is 22.0. The van der Waals surface area contributed by atoms with Gasteiger partial charge in [0.15, 0.2) is 0 Å². The van der Waals surface area contributed by atoms with Crippen LogP contribution in [0.25, 0.3) is 0 Å². The maximum absolute atomic E-state index is 12.9. The van der Waals surface area contributed by atoms with Gasteiger partial charge in [0, 0.05) is 25.9 Å². The van der Waals surface area contributed by atoms with E-state index in [2.05, 4.69) is 5.32 Å². The van der Waals surface area contributed by atoms with Gasteiger partial charge in [0.05, 0.1) is 12.5 Å². The number of nitrogens with zero attached hydrogens (tertiary/aromatic N) is 1. The first kappa shape index (κ1) is 17.4. The lowest BCUT2D eigenvalue weighted by molar-refractivity contribution is -0.196. The monoisotopic (exact) mass is 332 g/mol. The van der Waals surface area contributed by atoms with Gasteiger partial charge in [0.2, 0.25) is 11.8 Å². The van der Waals surface area contributed by atoms with Crippen LogP contribution in [0, 0.1) is 0 Å². The van der Waals surface area contributed by atoms with Crippen molar-refractivity contribution in [3.05, 3.63) is 24.2 Å². The molecule has 0 spiro atoms. The molecular formula is C15H19F3N2O3. The molecule has 0 unspecified atom stereocenters. The van der Waals surface area contributed by atoms with E-state index in [9.17, 15) is 22.8 Å². The fourth-order valence-electron chi connectivity index (χ4n) is 2.77. The third-order valence-corrected chi connectivity index (χ3v) is 3.95. The number of likely N-dealkylation sites (tertiary alicyclic amines) is 1. The highest BCUT2D eigenvalue weighted by Crippen LogP contribution is 2.32. The van der Waals surface area contributed by atoms with Crippen molar-refractivity contribution in [1.29, 1.82) is 0 Å². The number of carbonyl (C=O) groups is 2. The lowest BCUT2D eigenvalue weighted by atomic mass is 9.97. The van der Waals surface area contributed by atoms with Gasteiger partial charge >= 0.3 is 6.18 Å². The van der Waals surface area contributed by atoms with Gasteiger partial charge in [-0.15, -0.1) is 0 Å². The SMILES string of the molecule is CC(=O)N1C[C@@H](NC(=O)CCc2ccoc2)CC[C@H]1C(F)(F)F. The van der Waals surface area contributed by atoms with Crippen LogP contribution < -0.4 is 5.32 Å². The summed E-state index contributed by atoms with van der Waals surface area (Å²) in [5.41, 5.74) is 0.881. The van der Waals surface area contributed by atoms with Gasteiger partial charge in [-0.2, -0.15) is 13.2 Å². The zero-order valence-corrected chi connectivity index (χ0v) is 12.7. The van der Waals surface area contributed by atoms with Gasteiger partial charge < -0.3 is 14.6 Å². The highest BCUT2D eigenvalue weighted by atomic mass is 19.4. The van der Waals surface area contributed by atoms with E-state index in [4.69, 9.17) is 4.42 Å². The fraction of sp³-hybridized carbons (Fsp3) is 0.600. The van der Waals surface area contributed by atoms with Crippen LogP contribution >= 0.6 is 0 Å². The van der Waals surface area contributed by atoms with Crippen molar-refractivity contribution >= 4 is 11.8 Å². The fourth-order valence-corrected chi connectivity index (χ4v) is 2.77. The number of aryl methyl sites for hydroxylation is 1. The number of carbonyl (C=O) groups excluding carboxylic acids is 2. The second-order valence-corrected chi connectivity index (χ2v) is 5.70. The lowest BCUT2D eigenvalue weighted by Crippen LogP contribution is -2.57. The molecule has 2 amide bonds. The van der Waals surface area contributed by atoms with Crippen LogP contribution in [0.2, 0.25) is 0 Å². The first-order valence-electron chi connectivity index (χ1n) is 7.41. The molecule has 1 N–H and O–H groups in total. The van der Waals surface area contributed by atoms with E-state index < -0.39 is 24.2 Å². The number of halogens is 3. The number of rotatable bonds is 4. The molecule has 5 nitrogen and oxygen atoms in total. The maximum atomic E-state index is 12.9. The Labute approximate surface area is 131 Å². The van der Waals surface area contributed by atoms with E-state index in [1.807, 2.05) is 0 Å². The summed E-state index contributed by atoms with van der Waals surface area (Å²) in [7, 11) is 0. The summed E-state index contributed by atoms with van der Waals surface area (Å²) >= 11 is 0. The minimum Gasteiger partial charge on any atom is -0.472 e. The van der Waals surface area contributed by atoms with Crippen molar-refractivity contribution in [3.63, 3.8) is 0 Å². The van der Waals surface area contributed by atoms with Crippen molar-refractivity contribution in [1.82, 2.24) is 10.2 Å². The Hall–Kier alpha value is -1.99. The second kappa shape index (κ2) is 7.06. The average molecular weight is 332 g/mol. The molecule has 2 atom stereocenters. The molecule has 0 radical (unpaired) electrons. The van der Waals surface area contributed by atoms with Crippen LogP contribution in [-0.4, -0.2) is 41.5 Å². The molecule has 128 valence electrons.